The van der Waals surface area contributed by atoms with E-state index in [4.69, 9.17) is 0 Å². The molecule has 0 unspecified atom stereocenters. The van der Waals surface area contributed by atoms with Crippen LogP contribution >= 0.6 is 0 Å². The van der Waals surface area contributed by atoms with Gasteiger partial charge >= 0.3 is 0 Å². The lowest BCUT2D eigenvalue weighted by Gasteiger charge is -2.19. The molecule has 1 aliphatic rings. The zero-order valence-corrected chi connectivity index (χ0v) is 11.0. The van der Waals surface area contributed by atoms with Crippen LogP contribution in [0.3, 0.4) is 0 Å². The second-order valence-corrected chi connectivity index (χ2v) is 3.98. The SMILES string of the molecule is CC.CC(C)C.CC(C)N1C=CCN1. The fourth-order valence-corrected chi connectivity index (χ4v) is 0.732. The Hall–Kier alpha value is -0.500. The fourth-order valence-electron chi connectivity index (χ4n) is 0.732. The molecule has 0 spiro atoms. The Morgan fingerprint density at radius 3 is 1.64 bits per heavy atom. The summed E-state index contributed by atoms with van der Waals surface area (Å²) in [7, 11) is 0. The van der Waals surface area contributed by atoms with Gasteiger partial charge in [-0.2, -0.15) is 0 Å². The maximum absolute atomic E-state index is 3.18. The molecular weight excluding hydrogens is 172 g/mol. The minimum atomic E-state index is 0.578. The molecule has 0 saturated heterocycles. The van der Waals surface area contributed by atoms with Gasteiger partial charge in [0.1, 0.15) is 0 Å². The Bertz CT molecular complexity index is 126. The molecule has 1 aliphatic heterocycles. The van der Waals surface area contributed by atoms with Gasteiger partial charge < -0.3 is 5.01 Å². The van der Waals surface area contributed by atoms with E-state index in [9.17, 15) is 0 Å². The van der Waals surface area contributed by atoms with E-state index in [1.165, 1.54) is 0 Å². The zero-order valence-electron chi connectivity index (χ0n) is 11.0. The van der Waals surface area contributed by atoms with Gasteiger partial charge in [-0.1, -0.05) is 40.7 Å². The minimum absolute atomic E-state index is 0.578. The van der Waals surface area contributed by atoms with Crippen molar-refractivity contribution in [1.29, 1.82) is 0 Å². The van der Waals surface area contributed by atoms with Crippen molar-refractivity contribution in [3.63, 3.8) is 0 Å². The molecule has 0 aromatic carbocycles. The molecule has 0 aliphatic carbocycles. The molecule has 0 saturated carbocycles. The summed E-state index contributed by atoms with van der Waals surface area (Å²) in [5.41, 5.74) is 3.18. The third-order valence-electron chi connectivity index (χ3n) is 1.21. The van der Waals surface area contributed by atoms with Crippen LogP contribution in [0.5, 0.6) is 0 Å². The molecule has 0 atom stereocenters. The van der Waals surface area contributed by atoms with Crippen molar-refractivity contribution in [3.8, 4) is 0 Å². The van der Waals surface area contributed by atoms with E-state index in [0.717, 1.165) is 12.5 Å². The summed E-state index contributed by atoms with van der Waals surface area (Å²) < 4.78 is 0. The Kier molecular flexibility index (Phi) is 12.1. The highest BCUT2D eigenvalue weighted by Crippen LogP contribution is 1.97. The maximum Gasteiger partial charge on any atom is 0.0391 e. The van der Waals surface area contributed by atoms with Gasteiger partial charge in [-0.25, -0.2) is 5.43 Å². The fraction of sp³-hybridized carbons (Fsp3) is 0.833. The van der Waals surface area contributed by atoms with Crippen LogP contribution in [-0.2, 0) is 0 Å². The Morgan fingerprint density at radius 2 is 1.50 bits per heavy atom. The van der Waals surface area contributed by atoms with E-state index < -0.39 is 0 Å². The number of hydrogen-bond donors (Lipinski definition) is 1. The molecular formula is C12H28N2. The van der Waals surface area contributed by atoms with Gasteiger partial charge in [0.2, 0.25) is 0 Å². The van der Waals surface area contributed by atoms with Crippen molar-refractivity contribution in [2.75, 3.05) is 6.54 Å². The predicted molar refractivity (Wildman–Crippen MR) is 66.0 cm³/mol. The molecule has 86 valence electrons. The molecule has 0 amide bonds. The highest BCUT2D eigenvalue weighted by molar-refractivity contribution is 4.90. The van der Waals surface area contributed by atoms with Gasteiger partial charge in [-0.3, -0.25) is 0 Å². The smallest absolute Gasteiger partial charge is 0.0391 e. The first-order valence-electron chi connectivity index (χ1n) is 5.72. The summed E-state index contributed by atoms with van der Waals surface area (Å²) in [5, 5.41) is 2.10. The van der Waals surface area contributed by atoms with E-state index in [1.807, 2.05) is 13.8 Å². The lowest BCUT2D eigenvalue weighted by atomic mass is 10.3. The quantitative estimate of drug-likeness (QED) is 0.698. The molecule has 0 radical (unpaired) electrons. The molecule has 2 nitrogen and oxygen atoms in total. The average molecular weight is 200 g/mol. The third kappa shape index (κ3) is 11.5. The summed E-state index contributed by atoms with van der Waals surface area (Å²) in [5.74, 6) is 0.833. The minimum Gasteiger partial charge on any atom is -0.313 e. The van der Waals surface area contributed by atoms with Crippen molar-refractivity contribution in [2.24, 2.45) is 5.92 Å². The van der Waals surface area contributed by atoms with Crippen molar-refractivity contribution in [3.05, 3.63) is 12.3 Å². The van der Waals surface area contributed by atoms with Crippen LogP contribution in [0.25, 0.3) is 0 Å². The Balaban J connectivity index is 0. The lowest BCUT2D eigenvalue weighted by Crippen LogP contribution is -2.34. The Labute approximate surface area is 90.3 Å². The number of hydrazine groups is 1. The summed E-state index contributed by atoms with van der Waals surface area (Å²) in [6, 6.07) is 0.578. The van der Waals surface area contributed by atoms with Crippen LogP contribution in [0.4, 0.5) is 0 Å². The van der Waals surface area contributed by atoms with Gasteiger partial charge in [0.15, 0.2) is 0 Å². The van der Waals surface area contributed by atoms with E-state index in [-0.39, 0.29) is 0 Å². The number of rotatable bonds is 1. The van der Waals surface area contributed by atoms with Crippen LogP contribution in [0.2, 0.25) is 0 Å². The second kappa shape index (κ2) is 10.6. The normalized spacial score (nSPS) is 13.6. The van der Waals surface area contributed by atoms with E-state index in [2.05, 4.69) is 57.3 Å². The molecule has 0 fully saturated rings. The summed E-state index contributed by atoms with van der Waals surface area (Å²) in [4.78, 5) is 0. The lowest BCUT2D eigenvalue weighted by molar-refractivity contribution is 0.250. The molecule has 1 heterocycles. The molecule has 0 bridgehead atoms. The van der Waals surface area contributed by atoms with Crippen LogP contribution < -0.4 is 5.43 Å². The topological polar surface area (TPSA) is 15.3 Å². The van der Waals surface area contributed by atoms with Crippen molar-refractivity contribution in [2.45, 2.75) is 54.5 Å². The van der Waals surface area contributed by atoms with Crippen LogP contribution in [0, 0.1) is 5.92 Å². The predicted octanol–water partition coefficient (Wildman–Crippen LogP) is 3.42. The first-order valence-corrected chi connectivity index (χ1v) is 5.72. The molecule has 1 rings (SSSR count). The molecule has 0 aromatic rings. The van der Waals surface area contributed by atoms with E-state index in [1.54, 1.807) is 0 Å². The largest absolute Gasteiger partial charge is 0.313 e. The highest BCUT2D eigenvalue weighted by atomic mass is 15.5. The van der Waals surface area contributed by atoms with E-state index in [0.29, 0.717) is 6.04 Å². The Morgan fingerprint density at radius 1 is 1.07 bits per heavy atom. The molecule has 2 heteroatoms. The third-order valence-corrected chi connectivity index (χ3v) is 1.21. The molecule has 14 heavy (non-hydrogen) atoms. The second-order valence-electron chi connectivity index (χ2n) is 3.98. The molecule has 0 aromatic heterocycles. The number of nitrogens with zero attached hydrogens (tertiary/aromatic N) is 1. The number of hydrogen-bond acceptors (Lipinski definition) is 2. The van der Waals surface area contributed by atoms with Crippen LogP contribution in [0.1, 0.15) is 48.5 Å². The number of nitrogens with one attached hydrogen (secondary N) is 1. The van der Waals surface area contributed by atoms with Gasteiger partial charge in [0.25, 0.3) is 0 Å². The van der Waals surface area contributed by atoms with Gasteiger partial charge in [0, 0.05) is 18.8 Å². The van der Waals surface area contributed by atoms with Crippen molar-refractivity contribution in [1.82, 2.24) is 10.4 Å². The van der Waals surface area contributed by atoms with E-state index >= 15 is 0 Å². The van der Waals surface area contributed by atoms with Crippen molar-refractivity contribution < 1.29 is 0 Å². The summed E-state index contributed by atoms with van der Waals surface area (Å²) in [6.45, 7) is 15.8. The first-order chi connectivity index (χ1) is 6.54. The van der Waals surface area contributed by atoms with Crippen LogP contribution in [-0.4, -0.2) is 17.6 Å². The molecule has 1 N–H and O–H groups in total. The van der Waals surface area contributed by atoms with Crippen LogP contribution in [0.15, 0.2) is 12.3 Å². The monoisotopic (exact) mass is 200 g/mol. The van der Waals surface area contributed by atoms with Gasteiger partial charge in [-0.05, 0) is 19.8 Å². The summed E-state index contributed by atoms with van der Waals surface area (Å²) >= 11 is 0. The maximum atomic E-state index is 3.18. The average Bonchev–Trinajstić information content (AvgIpc) is 2.58. The summed E-state index contributed by atoms with van der Waals surface area (Å²) in [6.07, 6.45) is 4.19. The van der Waals surface area contributed by atoms with Gasteiger partial charge in [0.05, 0.1) is 0 Å². The van der Waals surface area contributed by atoms with Gasteiger partial charge in [-0.15, -0.1) is 0 Å². The highest BCUT2D eigenvalue weighted by Gasteiger charge is 2.04. The van der Waals surface area contributed by atoms with Crippen molar-refractivity contribution >= 4 is 0 Å². The zero-order chi connectivity index (χ0) is 11.6. The first kappa shape index (κ1) is 15.9. The standard InChI is InChI=1S/C6H12N2.C4H10.C2H6/c1-6(2)8-5-3-4-7-8;1-4(2)3;1-2/h3,5-7H,4H2,1-2H3;4H,1-3H3;1-2H3.